The van der Waals surface area contributed by atoms with Crippen LogP contribution in [-0.2, 0) is 9.74 Å². The van der Waals surface area contributed by atoms with Gasteiger partial charge in [-0.25, -0.2) is 4.79 Å². The van der Waals surface area contributed by atoms with Crippen molar-refractivity contribution in [3.05, 3.63) is 0 Å². The van der Waals surface area contributed by atoms with E-state index in [-0.39, 0.29) is 5.92 Å². The lowest BCUT2D eigenvalue weighted by Gasteiger charge is -2.08. The van der Waals surface area contributed by atoms with Crippen LogP contribution >= 0.6 is 0 Å². The molecule has 0 fully saturated rings. The second-order valence-corrected chi connectivity index (χ2v) is 2.17. The van der Waals surface area contributed by atoms with Gasteiger partial charge in [0.2, 0.25) is 0 Å². The molecule has 3 nitrogen and oxygen atoms in total. The van der Waals surface area contributed by atoms with E-state index >= 15 is 0 Å². The average Bonchev–Trinajstić information content (AvgIpc) is 1.84. The molecular formula is C5H10FNO2. The predicted octanol–water partition coefficient (Wildman–Crippen LogP) is 0.397. The third-order valence-corrected chi connectivity index (χ3v) is 1.07. The molecule has 0 aromatic carbocycles. The Hall–Kier alpha value is -0.640. The molecular weight excluding hydrogens is 125 g/mol. The van der Waals surface area contributed by atoms with Crippen LogP contribution < -0.4 is 5.73 Å². The highest BCUT2D eigenvalue weighted by Gasteiger charge is 2.18. The van der Waals surface area contributed by atoms with Crippen molar-refractivity contribution in [3.63, 3.8) is 0 Å². The molecule has 0 saturated carbocycles. The molecule has 0 aliphatic rings. The number of hydrogen-bond acceptors (Lipinski definition) is 3. The summed E-state index contributed by atoms with van der Waals surface area (Å²) in [7, 11) is 0. The Morgan fingerprint density at radius 3 is 2.22 bits per heavy atom. The molecule has 0 amide bonds. The van der Waals surface area contributed by atoms with Gasteiger partial charge in [-0.15, -0.1) is 0 Å². The highest BCUT2D eigenvalue weighted by atomic mass is 19.3. The molecule has 0 aliphatic carbocycles. The van der Waals surface area contributed by atoms with Crippen LogP contribution in [0.2, 0.25) is 0 Å². The van der Waals surface area contributed by atoms with Gasteiger partial charge < -0.3 is 5.73 Å². The van der Waals surface area contributed by atoms with E-state index in [9.17, 15) is 9.32 Å². The third kappa shape index (κ3) is 2.41. The van der Waals surface area contributed by atoms with Gasteiger partial charge in [-0.3, -0.25) is 4.94 Å². The van der Waals surface area contributed by atoms with Crippen molar-refractivity contribution < 1.29 is 14.3 Å². The molecule has 1 unspecified atom stereocenters. The summed E-state index contributed by atoms with van der Waals surface area (Å²) >= 11 is 0. The Balaban J connectivity index is 3.72. The summed E-state index contributed by atoms with van der Waals surface area (Å²) in [5.74, 6) is -1.10. The SMILES string of the molecule is CC(C)C(N)C(=O)OF. The normalized spacial score (nSPS) is 13.4. The molecule has 54 valence electrons. The first-order chi connectivity index (χ1) is 4.09. The van der Waals surface area contributed by atoms with Crippen molar-refractivity contribution >= 4 is 5.97 Å². The van der Waals surface area contributed by atoms with Crippen LogP contribution in [0.5, 0.6) is 0 Å². The Morgan fingerprint density at radius 1 is 1.67 bits per heavy atom. The lowest BCUT2D eigenvalue weighted by atomic mass is 10.1. The van der Waals surface area contributed by atoms with Gasteiger partial charge >= 0.3 is 5.97 Å². The average molecular weight is 135 g/mol. The summed E-state index contributed by atoms with van der Waals surface area (Å²) in [6.07, 6.45) is 0. The lowest BCUT2D eigenvalue weighted by Crippen LogP contribution is -2.35. The fraction of sp³-hybridized carbons (Fsp3) is 0.800. The molecule has 0 heterocycles. The van der Waals surface area contributed by atoms with E-state index < -0.39 is 12.0 Å². The summed E-state index contributed by atoms with van der Waals surface area (Å²) in [5.41, 5.74) is 5.16. The maximum absolute atomic E-state index is 11.1. The standard InChI is InChI=1S/C5H10FNO2/c1-3(2)4(7)5(8)9-6/h3-4H,7H2,1-2H3. The molecule has 1 atom stereocenters. The molecule has 2 N–H and O–H groups in total. The van der Waals surface area contributed by atoms with Crippen LogP contribution in [0.3, 0.4) is 0 Å². The zero-order valence-corrected chi connectivity index (χ0v) is 5.43. The summed E-state index contributed by atoms with van der Waals surface area (Å²) in [4.78, 5) is 13.1. The number of carbonyl (C=O) groups excluding carboxylic acids is 1. The Morgan fingerprint density at radius 2 is 2.11 bits per heavy atom. The Labute approximate surface area is 52.9 Å². The van der Waals surface area contributed by atoms with Crippen molar-refractivity contribution in [3.8, 4) is 0 Å². The van der Waals surface area contributed by atoms with Gasteiger partial charge in [0.25, 0.3) is 0 Å². The first-order valence-corrected chi connectivity index (χ1v) is 2.67. The summed E-state index contributed by atoms with van der Waals surface area (Å²) in [6, 6.07) is -0.852. The zero-order valence-electron chi connectivity index (χ0n) is 5.43. The van der Waals surface area contributed by atoms with Gasteiger partial charge in [-0.2, -0.15) is 0 Å². The van der Waals surface area contributed by atoms with E-state index in [4.69, 9.17) is 5.73 Å². The molecule has 4 heteroatoms. The van der Waals surface area contributed by atoms with Crippen molar-refractivity contribution in [2.75, 3.05) is 0 Å². The molecule has 0 saturated heterocycles. The van der Waals surface area contributed by atoms with Gasteiger partial charge in [-0.1, -0.05) is 13.8 Å². The molecule has 0 bridgehead atoms. The van der Waals surface area contributed by atoms with E-state index in [0.29, 0.717) is 0 Å². The van der Waals surface area contributed by atoms with Crippen LogP contribution in [0.1, 0.15) is 13.8 Å². The first kappa shape index (κ1) is 8.36. The molecule has 9 heavy (non-hydrogen) atoms. The molecule has 0 aromatic heterocycles. The zero-order chi connectivity index (χ0) is 7.44. The van der Waals surface area contributed by atoms with Crippen molar-refractivity contribution in [1.82, 2.24) is 0 Å². The third-order valence-electron chi connectivity index (χ3n) is 1.07. The van der Waals surface area contributed by atoms with E-state index in [1.807, 2.05) is 0 Å². The van der Waals surface area contributed by atoms with E-state index in [2.05, 4.69) is 4.94 Å². The molecule has 0 rings (SSSR count). The minimum atomic E-state index is -1.01. The predicted molar refractivity (Wildman–Crippen MR) is 30.0 cm³/mol. The van der Waals surface area contributed by atoms with Crippen molar-refractivity contribution in [2.24, 2.45) is 11.7 Å². The maximum atomic E-state index is 11.1. The van der Waals surface area contributed by atoms with Crippen molar-refractivity contribution in [1.29, 1.82) is 0 Å². The van der Waals surface area contributed by atoms with Crippen LogP contribution in [0.4, 0.5) is 4.53 Å². The van der Waals surface area contributed by atoms with Crippen LogP contribution in [0.25, 0.3) is 0 Å². The monoisotopic (exact) mass is 135 g/mol. The summed E-state index contributed by atoms with van der Waals surface area (Å²) in [5, 5.41) is 0. The second kappa shape index (κ2) is 3.40. The quantitative estimate of drug-likeness (QED) is 0.596. The highest BCUT2D eigenvalue weighted by Crippen LogP contribution is 1.99. The van der Waals surface area contributed by atoms with Crippen LogP contribution in [0, 0.1) is 5.92 Å². The van der Waals surface area contributed by atoms with Gasteiger partial charge in [0, 0.05) is 4.53 Å². The highest BCUT2D eigenvalue weighted by molar-refractivity contribution is 5.75. The van der Waals surface area contributed by atoms with E-state index in [0.717, 1.165) is 0 Å². The Bertz CT molecular complexity index is 105. The summed E-state index contributed by atoms with van der Waals surface area (Å²) in [6.45, 7) is 3.42. The number of halogens is 1. The van der Waals surface area contributed by atoms with Gasteiger partial charge in [0.15, 0.2) is 0 Å². The van der Waals surface area contributed by atoms with Gasteiger partial charge in [0.05, 0.1) is 0 Å². The molecule has 0 spiro atoms. The topological polar surface area (TPSA) is 52.3 Å². The van der Waals surface area contributed by atoms with Crippen molar-refractivity contribution in [2.45, 2.75) is 19.9 Å². The van der Waals surface area contributed by atoms with Crippen LogP contribution in [-0.4, -0.2) is 12.0 Å². The van der Waals surface area contributed by atoms with Gasteiger partial charge in [0.1, 0.15) is 6.04 Å². The number of rotatable bonds is 2. The lowest BCUT2D eigenvalue weighted by molar-refractivity contribution is -0.186. The second-order valence-electron chi connectivity index (χ2n) is 2.17. The van der Waals surface area contributed by atoms with E-state index in [1.165, 1.54) is 0 Å². The fourth-order valence-corrected chi connectivity index (χ4v) is 0.324. The summed E-state index contributed by atoms with van der Waals surface area (Å²) < 4.78 is 11.1. The minimum Gasteiger partial charge on any atom is -0.318 e. The minimum absolute atomic E-state index is 0.0896. The largest absolute Gasteiger partial charge is 0.365 e. The van der Waals surface area contributed by atoms with E-state index in [1.54, 1.807) is 13.8 Å². The van der Waals surface area contributed by atoms with Crippen LogP contribution in [0.15, 0.2) is 0 Å². The fourth-order valence-electron chi connectivity index (χ4n) is 0.324. The maximum Gasteiger partial charge on any atom is 0.365 e. The smallest absolute Gasteiger partial charge is 0.318 e. The number of nitrogens with two attached hydrogens (primary N) is 1. The first-order valence-electron chi connectivity index (χ1n) is 2.67. The number of hydrogen-bond donors (Lipinski definition) is 1. The molecule has 0 radical (unpaired) electrons. The Kier molecular flexibility index (Phi) is 3.16. The van der Waals surface area contributed by atoms with Gasteiger partial charge in [-0.05, 0) is 5.92 Å². The molecule has 0 aromatic rings. The molecule has 0 aliphatic heterocycles. The number of carbonyl (C=O) groups is 1.